The van der Waals surface area contributed by atoms with Crippen molar-refractivity contribution in [2.45, 2.75) is 25.1 Å². The lowest BCUT2D eigenvalue weighted by atomic mass is 10.2. The van der Waals surface area contributed by atoms with Crippen molar-refractivity contribution in [2.75, 3.05) is 4.90 Å². The number of halogens is 1. The van der Waals surface area contributed by atoms with Gasteiger partial charge in [-0.2, -0.15) is 5.26 Å². The molecule has 5 nitrogen and oxygen atoms in total. The number of hydrogen-bond acceptors (Lipinski definition) is 4. The van der Waals surface area contributed by atoms with Gasteiger partial charge in [-0.1, -0.05) is 64.9 Å². The van der Waals surface area contributed by atoms with E-state index in [4.69, 9.17) is 0 Å². The molecule has 28 heavy (non-hydrogen) atoms. The highest BCUT2D eigenvalue weighted by atomic mass is 79.9. The van der Waals surface area contributed by atoms with Crippen LogP contribution in [-0.2, 0) is 16.1 Å². The van der Waals surface area contributed by atoms with Crippen molar-refractivity contribution in [1.29, 1.82) is 5.26 Å². The fourth-order valence-corrected chi connectivity index (χ4v) is 4.27. The SMILES string of the molecule is CC[C@@H]1S/C(=C(/C#N)C(=O)NCc2ccccc2)N(c2ccc(Br)cc2)C1=O. The van der Waals surface area contributed by atoms with Crippen molar-refractivity contribution in [2.24, 2.45) is 0 Å². The molecular weight excluding hydrogens is 438 g/mol. The van der Waals surface area contributed by atoms with Crippen molar-refractivity contribution in [1.82, 2.24) is 5.32 Å². The summed E-state index contributed by atoms with van der Waals surface area (Å²) in [6, 6.07) is 18.7. The molecule has 2 amide bonds. The number of rotatable bonds is 5. The Bertz CT molecular complexity index is 952. The van der Waals surface area contributed by atoms with Gasteiger partial charge in [0.25, 0.3) is 5.91 Å². The third kappa shape index (κ3) is 4.29. The maximum Gasteiger partial charge on any atom is 0.264 e. The molecule has 1 heterocycles. The van der Waals surface area contributed by atoms with Crippen LogP contribution in [0.3, 0.4) is 0 Å². The number of nitrogens with one attached hydrogen (secondary N) is 1. The Kier molecular flexibility index (Phi) is 6.55. The number of amides is 2. The van der Waals surface area contributed by atoms with E-state index in [-0.39, 0.29) is 16.7 Å². The molecule has 1 atom stereocenters. The highest BCUT2D eigenvalue weighted by Crippen LogP contribution is 2.41. The van der Waals surface area contributed by atoms with Crippen molar-refractivity contribution in [3.05, 3.63) is 75.2 Å². The van der Waals surface area contributed by atoms with E-state index in [2.05, 4.69) is 21.2 Å². The molecule has 0 aromatic heterocycles. The summed E-state index contributed by atoms with van der Waals surface area (Å²) in [5.41, 5.74) is 1.52. The Labute approximate surface area is 176 Å². The van der Waals surface area contributed by atoms with Gasteiger partial charge in [-0.05, 0) is 36.2 Å². The quantitative estimate of drug-likeness (QED) is 0.536. The normalized spacial score (nSPS) is 18.0. The number of nitriles is 1. The van der Waals surface area contributed by atoms with E-state index >= 15 is 0 Å². The molecule has 1 saturated heterocycles. The molecular formula is C21H18BrN3O2S. The molecule has 1 N–H and O–H groups in total. The average Bonchev–Trinajstić information content (AvgIpc) is 3.04. The molecule has 1 fully saturated rings. The van der Waals surface area contributed by atoms with Gasteiger partial charge in [0.15, 0.2) is 0 Å². The van der Waals surface area contributed by atoms with E-state index < -0.39 is 5.91 Å². The monoisotopic (exact) mass is 455 g/mol. The Morgan fingerprint density at radius 2 is 1.89 bits per heavy atom. The standard InChI is InChI=1S/C21H18BrN3O2S/c1-2-18-20(27)25(16-10-8-15(22)9-11-16)21(28-18)17(12-23)19(26)24-13-14-6-4-3-5-7-14/h3-11,18H,2,13H2,1H3,(H,24,26)/b21-17-/t18-/m0/s1. The first-order valence-corrected chi connectivity index (χ1v) is 10.4. The molecule has 1 aliphatic heterocycles. The van der Waals surface area contributed by atoms with E-state index in [0.717, 1.165) is 10.0 Å². The van der Waals surface area contributed by atoms with Gasteiger partial charge in [-0.15, -0.1) is 0 Å². The minimum Gasteiger partial charge on any atom is -0.347 e. The Morgan fingerprint density at radius 1 is 1.21 bits per heavy atom. The Hall–Kier alpha value is -2.56. The summed E-state index contributed by atoms with van der Waals surface area (Å²) in [6.45, 7) is 2.23. The second-order valence-corrected chi connectivity index (χ2v) is 8.23. The molecule has 0 radical (unpaired) electrons. The first-order valence-electron chi connectivity index (χ1n) is 8.77. The van der Waals surface area contributed by atoms with E-state index in [0.29, 0.717) is 23.7 Å². The third-order valence-electron chi connectivity index (χ3n) is 4.26. The van der Waals surface area contributed by atoms with Crippen molar-refractivity contribution in [3.8, 4) is 6.07 Å². The fourth-order valence-electron chi connectivity index (χ4n) is 2.81. The fraction of sp³-hybridized carbons (Fsp3) is 0.190. The molecule has 3 rings (SSSR count). The number of benzene rings is 2. The Morgan fingerprint density at radius 3 is 2.50 bits per heavy atom. The predicted octanol–water partition coefficient (Wildman–Crippen LogP) is 4.36. The van der Waals surface area contributed by atoms with Crippen molar-refractivity contribution >= 4 is 45.2 Å². The van der Waals surface area contributed by atoms with Crippen molar-refractivity contribution < 1.29 is 9.59 Å². The van der Waals surface area contributed by atoms with Crippen LogP contribution < -0.4 is 10.2 Å². The predicted molar refractivity (Wildman–Crippen MR) is 114 cm³/mol. The van der Waals surface area contributed by atoms with Crippen molar-refractivity contribution in [3.63, 3.8) is 0 Å². The second-order valence-electron chi connectivity index (χ2n) is 6.13. The molecule has 0 unspecified atom stereocenters. The highest BCUT2D eigenvalue weighted by molar-refractivity contribution is 9.10. The third-order valence-corrected chi connectivity index (χ3v) is 6.22. The van der Waals surface area contributed by atoms with Crippen LogP contribution in [0, 0.1) is 11.3 Å². The van der Waals surface area contributed by atoms with Gasteiger partial charge < -0.3 is 5.32 Å². The topological polar surface area (TPSA) is 73.2 Å². The summed E-state index contributed by atoms with van der Waals surface area (Å²) in [6.07, 6.45) is 0.615. The summed E-state index contributed by atoms with van der Waals surface area (Å²) in [5, 5.41) is 12.5. The maximum absolute atomic E-state index is 12.9. The average molecular weight is 456 g/mol. The van der Waals surface area contributed by atoms with Gasteiger partial charge in [0.05, 0.1) is 5.25 Å². The number of nitrogens with zero attached hydrogens (tertiary/aromatic N) is 2. The number of carbonyl (C=O) groups is 2. The van der Waals surface area contributed by atoms with E-state index in [1.54, 1.807) is 12.1 Å². The van der Waals surface area contributed by atoms with Crippen LogP contribution in [-0.4, -0.2) is 17.1 Å². The molecule has 142 valence electrons. The van der Waals surface area contributed by atoms with E-state index in [9.17, 15) is 14.9 Å². The maximum atomic E-state index is 12.9. The summed E-state index contributed by atoms with van der Waals surface area (Å²) < 4.78 is 0.884. The smallest absolute Gasteiger partial charge is 0.264 e. The zero-order valence-electron chi connectivity index (χ0n) is 15.2. The van der Waals surface area contributed by atoms with Crippen LogP contribution in [0.2, 0.25) is 0 Å². The summed E-state index contributed by atoms with van der Waals surface area (Å²) in [4.78, 5) is 27.1. The van der Waals surface area contributed by atoms with Gasteiger partial charge in [-0.25, -0.2) is 0 Å². The summed E-state index contributed by atoms with van der Waals surface area (Å²) >= 11 is 4.65. The lowest BCUT2D eigenvalue weighted by Gasteiger charge is -2.18. The summed E-state index contributed by atoms with van der Waals surface area (Å²) in [7, 11) is 0. The minimum absolute atomic E-state index is 0.0480. The number of carbonyl (C=O) groups excluding carboxylic acids is 2. The molecule has 0 saturated carbocycles. The zero-order valence-corrected chi connectivity index (χ0v) is 17.6. The van der Waals surface area contributed by atoms with Crippen LogP contribution in [0.15, 0.2) is 69.7 Å². The molecule has 2 aromatic rings. The van der Waals surface area contributed by atoms with Gasteiger partial charge in [0, 0.05) is 16.7 Å². The molecule has 0 bridgehead atoms. The Balaban J connectivity index is 1.93. The highest BCUT2D eigenvalue weighted by Gasteiger charge is 2.39. The lowest BCUT2D eigenvalue weighted by Crippen LogP contribution is -2.31. The van der Waals surface area contributed by atoms with Gasteiger partial charge in [0.2, 0.25) is 5.91 Å². The lowest BCUT2D eigenvalue weighted by molar-refractivity contribution is -0.117. The van der Waals surface area contributed by atoms with Gasteiger partial charge in [0.1, 0.15) is 16.7 Å². The largest absolute Gasteiger partial charge is 0.347 e. The van der Waals surface area contributed by atoms with Crippen LogP contribution in [0.25, 0.3) is 0 Å². The number of anilines is 1. The first kappa shape index (κ1) is 20.2. The first-order chi connectivity index (χ1) is 13.5. The van der Waals surface area contributed by atoms with E-state index in [1.165, 1.54) is 16.7 Å². The van der Waals surface area contributed by atoms with Crippen LogP contribution in [0.1, 0.15) is 18.9 Å². The zero-order chi connectivity index (χ0) is 20.1. The number of thioether (sulfide) groups is 1. The molecule has 1 aliphatic rings. The molecule has 0 spiro atoms. The van der Waals surface area contributed by atoms with Crippen LogP contribution in [0.5, 0.6) is 0 Å². The van der Waals surface area contributed by atoms with Gasteiger partial charge >= 0.3 is 0 Å². The van der Waals surface area contributed by atoms with E-state index in [1.807, 2.05) is 55.5 Å². The molecule has 0 aliphatic carbocycles. The summed E-state index contributed by atoms with van der Waals surface area (Å²) in [5.74, 6) is -0.603. The van der Waals surface area contributed by atoms with Crippen LogP contribution >= 0.6 is 27.7 Å². The van der Waals surface area contributed by atoms with Gasteiger partial charge in [-0.3, -0.25) is 14.5 Å². The number of hydrogen-bond donors (Lipinski definition) is 1. The molecule has 2 aromatic carbocycles. The molecule has 7 heteroatoms. The second kappa shape index (κ2) is 9.09. The minimum atomic E-state index is -0.486. The van der Waals surface area contributed by atoms with Crippen LogP contribution in [0.4, 0.5) is 5.69 Å².